The van der Waals surface area contributed by atoms with Gasteiger partial charge in [0.1, 0.15) is 5.82 Å². The number of imidazole rings is 1. The molecule has 120 valence electrons. The Bertz CT molecular complexity index is 933. The fraction of sp³-hybridized carbons (Fsp3) is 0.250. The summed E-state index contributed by atoms with van der Waals surface area (Å²) in [7, 11) is -3.74. The molecule has 0 spiro atoms. The van der Waals surface area contributed by atoms with E-state index in [1.807, 2.05) is 12.1 Å². The molecule has 2 heterocycles. The molecule has 7 heteroatoms. The van der Waals surface area contributed by atoms with Crippen molar-refractivity contribution in [2.24, 2.45) is 5.14 Å². The Morgan fingerprint density at radius 1 is 1.17 bits per heavy atom. The molecule has 0 bridgehead atoms. The molecule has 0 saturated carbocycles. The first-order valence-electron chi connectivity index (χ1n) is 7.44. The van der Waals surface area contributed by atoms with Gasteiger partial charge < -0.3 is 4.57 Å². The van der Waals surface area contributed by atoms with Gasteiger partial charge in [0.2, 0.25) is 10.0 Å². The van der Waals surface area contributed by atoms with Crippen LogP contribution in [0.15, 0.2) is 47.6 Å². The number of hydrogen-bond donors (Lipinski definition) is 1. The summed E-state index contributed by atoms with van der Waals surface area (Å²) in [4.78, 5) is 8.73. The van der Waals surface area contributed by atoms with Crippen molar-refractivity contribution in [3.8, 4) is 11.4 Å². The van der Waals surface area contributed by atoms with Crippen molar-refractivity contribution in [1.29, 1.82) is 0 Å². The molecule has 0 saturated heterocycles. The molecule has 6 nitrogen and oxygen atoms in total. The van der Waals surface area contributed by atoms with E-state index in [1.165, 1.54) is 12.1 Å². The van der Waals surface area contributed by atoms with Crippen LogP contribution in [0.4, 0.5) is 0 Å². The first-order chi connectivity index (χ1) is 11.0. The second-order valence-corrected chi connectivity index (χ2v) is 6.93. The molecule has 0 aliphatic carbocycles. The van der Waals surface area contributed by atoms with E-state index >= 15 is 0 Å². The van der Waals surface area contributed by atoms with Crippen LogP contribution in [0.2, 0.25) is 0 Å². The van der Waals surface area contributed by atoms with Gasteiger partial charge in [-0.2, -0.15) is 0 Å². The Labute approximate surface area is 135 Å². The van der Waals surface area contributed by atoms with E-state index in [0.29, 0.717) is 5.52 Å². The van der Waals surface area contributed by atoms with Crippen molar-refractivity contribution in [3.63, 3.8) is 0 Å². The lowest BCUT2D eigenvalue weighted by Crippen LogP contribution is -2.11. The first-order valence-corrected chi connectivity index (χ1v) is 8.99. The van der Waals surface area contributed by atoms with Crippen LogP contribution in [-0.4, -0.2) is 23.0 Å². The van der Waals surface area contributed by atoms with Gasteiger partial charge in [0, 0.05) is 24.5 Å². The minimum atomic E-state index is -3.74. The second kappa shape index (κ2) is 6.10. The van der Waals surface area contributed by atoms with Gasteiger partial charge in [-0.15, -0.1) is 0 Å². The summed E-state index contributed by atoms with van der Waals surface area (Å²) in [6.07, 6.45) is 5.51. The number of aryl methyl sites for hydroxylation is 1. The lowest BCUT2D eigenvalue weighted by atomic mass is 10.2. The summed E-state index contributed by atoms with van der Waals surface area (Å²) in [6.45, 7) is 2.95. The molecule has 1 aromatic carbocycles. The fourth-order valence-electron chi connectivity index (χ4n) is 2.55. The highest BCUT2D eigenvalue weighted by molar-refractivity contribution is 7.89. The van der Waals surface area contributed by atoms with Gasteiger partial charge in [-0.05, 0) is 36.8 Å². The summed E-state index contributed by atoms with van der Waals surface area (Å²) in [5, 5.41) is 5.21. The van der Waals surface area contributed by atoms with Crippen LogP contribution in [0.25, 0.3) is 22.4 Å². The van der Waals surface area contributed by atoms with E-state index in [-0.39, 0.29) is 4.90 Å². The van der Waals surface area contributed by atoms with Crippen LogP contribution in [0.3, 0.4) is 0 Å². The van der Waals surface area contributed by atoms with Crippen molar-refractivity contribution in [2.75, 3.05) is 0 Å². The highest BCUT2D eigenvalue weighted by Gasteiger charge is 2.15. The largest absolute Gasteiger partial charge is 0.324 e. The molecule has 0 radical (unpaired) electrons. The number of sulfonamides is 1. The van der Waals surface area contributed by atoms with Crippen LogP contribution in [-0.2, 0) is 16.6 Å². The molecule has 0 unspecified atom stereocenters. The molecule has 0 aliphatic heterocycles. The molecule has 3 aromatic rings. The molecular weight excluding hydrogens is 312 g/mol. The first kappa shape index (κ1) is 15.6. The maximum absolute atomic E-state index is 11.5. The Balaban J connectivity index is 2.22. The van der Waals surface area contributed by atoms with E-state index in [9.17, 15) is 8.42 Å². The molecule has 2 N–H and O–H groups in total. The third kappa shape index (κ3) is 3.11. The normalized spacial score (nSPS) is 11.9. The van der Waals surface area contributed by atoms with Crippen molar-refractivity contribution in [3.05, 3.63) is 42.7 Å². The molecule has 0 amide bonds. The summed E-state index contributed by atoms with van der Waals surface area (Å²) in [5.41, 5.74) is 2.47. The van der Waals surface area contributed by atoms with Crippen LogP contribution in [0, 0.1) is 0 Å². The average molecular weight is 330 g/mol. The number of nitrogens with zero attached hydrogens (tertiary/aromatic N) is 3. The van der Waals surface area contributed by atoms with Crippen molar-refractivity contribution < 1.29 is 8.42 Å². The number of fused-ring (bicyclic) bond motifs is 1. The van der Waals surface area contributed by atoms with E-state index in [1.54, 1.807) is 18.5 Å². The smallest absolute Gasteiger partial charge is 0.238 e. The predicted molar refractivity (Wildman–Crippen MR) is 89.2 cm³/mol. The topological polar surface area (TPSA) is 90.9 Å². The third-order valence-corrected chi connectivity index (χ3v) is 4.63. The summed E-state index contributed by atoms with van der Waals surface area (Å²) >= 11 is 0. The van der Waals surface area contributed by atoms with Crippen LogP contribution >= 0.6 is 0 Å². The number of primary sulfonamides is 1. The van der Waals surface area contributed by atoms with E-state index in [0.717, 1.165) is 36.3 Å². The van der Waals surface area contributed by atoms with Crippen LogP contribution in [0.5, 0.6) is 0 Å². The van der Waals surface area contributed by atoms with Gasteiger partial charge in [-0.1, -0.05) is 13.3 Å². The minimum Gasteiger partial charge on any atom is -0.324 e. The molecule has 3 rings (SSSR count). The van der Waals surface area contributed by atoms with Gasteiger partial charge in [-0.3, -0.25) is 4.98 Å². The standard InChI is InChI=1S/C16H18N4O2S/c1-2-3-10-20-15-5-4-13(23(17,21)22)11-14(15)19-16(20)12-6-8-18-9-7-12/h4-9,11H,2-3,10H2,1H3,(H2,17,21,22). The molecule has 2 aromatic heterocycles. The minimum absolute atomic E-state index is 0.0754. The molecule has 0 fully saturated rings. The Morgan fingerprint density at radius 3 is 2.57 bits per heavy atom. The predicted octanol–water partition coefficient (Wildman–Crippen LogP) is 2.55. The van der Waals surface area contributed by atoms with E-state index < -0.39 is 10.0 Å². The number of unbranched alkanes of at least 4 members (excludes halogenated alkanes) is 1. The zero-order valence-electron chi connectivity index (χ0n) is 12.8. The maximum atomic E-state index is 11.5. The maximum Gasteiger partial charge on any atom is 0.238 e. The van der Waals surface area contributed by atoms with Gasteiger partial charge in [0.25, 0.3) is 0 Å². The molecule has 23 heavy (non-hydrogen) atoms. The van der Waals surface area contributed by atoms with Crippen molar-refractivity contribution in [2.45, 2.75) is 31.2 Å². The molecular formula is C16H18N4O2S. The van der Waals surface area contributed by atoms with E-state index in [2.05, 4.69) is 21.5 Å². The number of nitrogens with two attached hydrogens (primary N) is 1. The average Bonchev–Trinajstić information content (AvgIpc) is 2.90. The second-order valence-electron chi connectivity index (χ2n) is 5.37. The highest BCUT2D eigenvalue weighted by Crippen LogP contribution is 2.26. The van der Waals surface area contributed by atoms with E-state index in [4.69, 9.17) is 5.14 Å². The van der Waals surface area contributed by atoms with Gasteiger partial charge >= 0.3 is 0 Å². The number of aromatic nitrogens is 3. The zero-order valence-corrected chi connectivity index (χ0v) is 13.6. The summed E-state index contributed by atoms with van der Waals surface area (Å²) in [5.74, 6) is 0.808. The number of rotatable bonds is 5. The Kier molecular flexibility index (Phi) is 4.14. The van der Waals surface area contributed by atoms with Crippen LogP contribution in [0.1, 0.15) is 19.8 Å². The third-order valence-electron chi connectivity index (χ3n) is 3.72. The summed E-state index contributed by atoms with van der Waals surface area (Å²) in [6, 6.07) is 8.60. The lowest BCUT2D eigenvalue weighted by Gasteiger charge is -2.08. The Morgan fingerprint density at radius 2 is 1.91 bits per heavy atom. The SMILES string of the molecule is CCCCn1c(-c2ccncc2)nc2cc(S(N)(=O)=O)ccc21. The monoisotopic (exact) mass is 330 g/mol. The molecule has 0 aliphatic rings. The summed E-state index contributed by atoms with van der Waals surface area (Å²) < 4.78 is 25.2. The quantitative estimate of drug-likeness (QED) is 0.778. The van der Waals surface area contributed by atoms with Gasteiger partial charge in [0.05, 0.1) is 15.9 Å². The van der Waals surface area contributed by atoms with Crippen molar-refractivity contribution in [1.82, 2.24) is 14.5 Å². The highest BCUT2D eigenvalue weighted by atomic mass is 32.2. The fourth-order valence-corrected chi connectivity index (χ4v) is 3.08. The number of hydrogen-bond acceptors (Lipinski definition) is 4. The molecule has 0 atom stereocenters. The van der Waals surface area contributed by atoms with Gasteiger partial charge in [-0.25, -0.2) is 18.5 Å². The number of benzene rings is 1. The zero-order chi connectivity index (χ0) is 16.4. The van der Waals surface area contributed by atoms with Crippen LogP contribution < -0.4 is 5.14 Å². The van der Waals surface area contributed by atoms with Crippen molar-refractivity contribution >= 4 is 21.1 Å². The number of pyridine rings is 1. The lowest BCUT2D eigenvalue weighted by molar-refractivity contribution is 0.598. The Hall–Kier alpha value is -2.25. The van der Waals surface area contributed by atoms with Gasteiger partial charge in [0.15, 0.2) is 0 Å².